The number of halogens is 2. The number of alkyl carbamates (subject to hydrolysis) is 1. The summed E-state index contributed by atoms with van der Waals surface area (Å²) in [4.78, 5) is 23.8. The third-order valence-electron chi connectivity index (χ3n) is 3.22. The fourth-order valence-electron chi connectivity index (χ4n) is 2.04. The lowest BCUT2D eigenvalue weighted by atomic mass is 10.1. The Labute approximate surface area is 161 Å². The monoisotopic (exact) mass is 393 g/mol. The van der Waals surface area contributed by atoms with Crippen molar-refractivity contribution >= 4 is 41.0 Å². The largest absolute Gasteiger partial charge is 0.463 e. The number of amides is 1. The fraction of sp³-hybridized carbons (Fsp3) is 0.158. The summed E-state index contributed by atoms with van der Waals surface area (Å²) in [5, 5.41) is 3.35. The first-order valence-electron chi connectivity index (χ1n) is 7.81. The lowest BCUT2D eigenvalue weighted by Gasteiger charge is -2.11. The highest BCUT2D eigenvalue weighted by atomic mass is 35.5. The van der Waals surface area contributed by atoms with Crippen LogP contribution in [-0.4, -0.2) is 18.7 Å². The second kappa shape index (κ2) is 9.85. The van der Waals surface area contributed by atoms with Gasteiger partial charge in [0.2, 0.25) is 0 Å². The van der Waals surface area contributed by atoms with E-state index in [0.717, 1.165) is 0 Å². The predicted octanol–water partition coefficient (Wildman–Crippen LogP) is 4.82. The van der Waals surface area contributed by atoms with Crippen LogP contribution in [0, 0.1) is 0 Å². The van der Waals surface area contributed by atoms with Gasteiger partial charge in [-0.15, -0.1) is 0 Å². The van der Waals surface area contributed by atoms with E-state index in [1.165, 1.54) is 6.08 Å². The highest BCUT2D eigenvalue weighted by Gasteiger charge is 2.11. The molecule has 0 aliphatic rings. The first kappa shape index (κ1) is 19.8. The van der Waals surface area contributed by atoms with Crippen molar-refractivity contribution in [1.29, 1.82) is 0 Å². The van der Waals surface area contributed by atoms with Crippen LogP contribution in [0.1, 0.15) is 18.1 Å². The van der Waals surface area contributed by atoms with Gasteiger partial charge in [-0.2, -0.15) is 0 Å². The molecule has 0 unspecified atom stereocenters. The summed E-state index contributed by atoms with van der Waals surface area (Å²) in [6.45, 7) is 1.94. The van der Waals surface area contributed by atoms with Crippen molar-refractivity contribution in [1.82, 2.24) is 5.32 Å². The Morgan fingerprint density at radius 1 is 1.04 bits per heavy atom. The molecule has 1 N–H and O–H groups in total. The molecule has 5 nitrogen and oxygen atoms in total. The number of carbonyl (C=O) groups is 2. The van der Waals surface area contributed by atoms with Gasteiger partial charge in [0.25, 0.3) is 0 Å². The molecule has 0 atom stereocenters. The number of benzene rings is 2. The first-order chi connectivity index (χ1) is 12.5. The molecule has 0 radical (unpaired) electrons. The van der Waals surface area contributed by atoms with Crippen LogP contribution in [-0.2, 0) is 20.9 Å². The van der Waals surface area contributed by atoms with E-state index in [-0.39, 0.29) is 18.9 Å². The molecule has 1 amide bonds. The third kappa shape index (κ3) is 6.10. The lowest BCUT2D eigenvalue weighted by Crippen LogP contribution is -2.23. The standard InChI is InChI=1S/C19H17Cl2NO4/c1-2-25-18(23)11-17(14-6-4-3-5-7-14)22-19(24)26-12-13-8-9-15(20)16(21)10-13/h3-11H,2,12H2,1H3,(H,22,24). The fourth-order valence-corrected chi connectivity index (χ4v) is 2.36. The number of nitrogens with one attached hydrogen (secondary N) is 1. The highest BCUT2D eigenvalue weighted by molar-refractivity contribution is 6.42. The zero-order chi connectivity index (χ0) is 18.9. The summed E-state index contributed by atoms with van der Waals surface area (Å²) in [7, 11) is 0. The molecule has 0 bridgehead atoms. The van der Waals surface area contributed by atoms with E-state index < -0.39 is 12.1 Å². The average molecular weight is 394 g/mol. The van der Waals surface area contributed by atoms with Gasteiger partial charge in [0.05, 0.1) is 22.3 Å². The molecule has 0 saturated heterocycles. The van der Waals surface area contributed by atoms with Crippen LogP contribution in [0.25, 0.3) is 5.70 Å². The maximum absolute atomic E-state index is 12.1. The molecule has 26 heavy (non-hydrogen) atoms. The van der Waals surface area contributed by atoms with Gasteiger partial charge in [0, 0.05) is 6.08 Å². The number of hydrogen-bond donors (Lipinski definition) is 1. The minimum Gasteiger partial charge on any atom is -0.463 e. The Balaban J connectivity index is 2.06. The summed E-state index contributed by atoms with van der Waals surface area (Å²) in [6.07, 6.45) is 0.495. The molecule has 2 aromatic rings. The van der Waals surface area contributed by atoms with Gasteiger partial charge in [-0.3, -0.25) is 5.32 Å². The van der Waals surface area contributed by atoms with Gasteiger partial charge in [0.1, 0.15) is 6.61 Å². The van der Waals surface area contributed by atoms with Crippen molar-refractivity contribution in [2.75, 3.05) is 6.61 Å². The van der Waals surface area contributed by atoms with Crippen molar-refractivity contribution < 1.29 is 19.1 Å². The van der Waals surface area contributed by atoms with E-state index in [9.17, 15) is 9.59 Å². The maximum atomic E-state index is 12.1. The molecule has 0 saturated carbocycles. The molecule has 0 heterocycles. The van der Waals surface area contributed by atoms with Crippen molar-refractivity contribution in [3.8, 4) is 0 Å². The van der Waals surface area contributed by atoms with Gasteiger partial charge in [-0.05, 0) is 30.2 Å². The Kier molecular flexibility index (Phi) is 7.51. The molecular formula is C19H17Cl2NO4. The van der Waals surface area contributed by atoms with Gasteiger partial charge in [-0.25, -0.2) is 9.59 Å². The van der Waals surface area contributed by atoms with Crippen molar-refractivity contribution in [2.45, 2.75) is 13.5 Å². The van der Waals surface area contributed by atoms with Gasteiger partial charge in [0.15, 0.2) is 0 Å². The Bertz CT molecular complexity index is 806. The van der Waals surface area contributed by atoms with Crippen molar-refractivity contribution in [3.05, 3.63) is 75.8 Å². The molecule has 0 spiro atoms. The van der Waals surface area contributed by atoms with Gasteiger partial charge in [-0.1, -0.05) is 59.6 Å². The number of ether oxygens (including phenoxy) is 2. The van der Waals surface area contributed by atoms with Crippen LogP contribution in [0.5, 0.6) is 0 Å². The molecule has 0 fully saturated rings. The van der Waals surface area contributed by atoms with Gasteiger partial charge >= 0.3 is 12.1 Å². The van der Waals surface area contributed by atoms with E-state index in [0.29, 0.717) is 21.2 Å². The molecular weight excluding hydrogens is 377 g/mol. The minimum atomic E-state index is -0.713. The molecule has 7 heteroatoms. The van der Waals surface area contributed by atoms with Crippen LogP contribution >= 0.6 is 23.2 Å². The molecule has 0 aliphatic carbocycles. The average Bonchev–Trinajstić information content (AvgIpc) is 2.63. The summed E-state index contributed by atoms with van der Waals surface area (Å²) < 4.78 is 10.1. The normalized spacial score (nSPS) is 11.0. The molecule has 0 aromatic heterocycles. The number of carbonyl (C=O) groups excluding carboxylic acids is 2. The summed E-state index contributed by atoms with van der Waals surface area (Å²) in [5.41, 5.74) is 1.61. The highest BCUT2D eigenvalue weighted by Crippen LogP contribution is 2.23. The van der Waals surface area contributed by atoms with Gasteiger partial charge < -0.3 is 9.47 Å². The van der Waals surface area contributed by atoms with E-state index in [2.05, 4.69) is 5.32 Å². The Morgan fingerprint density at radius 2 is 1.77 bits per heavy atom. The van der Waals surface area contributed by atoms with Crippen LogP contribution in [0.15, 0.2) is 54.6 Å². The predicted molar refractivity (Wildman–Crippen MR) is 101 cm³/mol. The van der Waals surface area contributed by atoms with E-state index in [4.69, 9.17) is 32.7 Å². The smallest absolute Gasteiger partial charge is 0.411 e. The molecule has 0 aliphatic heterocycles. The maximum Gasteiger partial charge on any atom is 0.411 e. The van der Waals surface area contributed by atoms with E-state index in [1.807, 2.05) is 6.07 Å². The zero-order valence-electron chi connectivity index (χ0n) is 14.0. The number of rotatable bonds is 6. The molecule has 2 rings (SSSR count). The number of hydrogen-bond acceptors (Lipinski definition) is 4. The first-order valence-corrected chi connectivity index (χ1v) is 8.56. The van der Waals surface area contributed by atoms with Crippen LogP contribution in [0.2, 0.25) is 10.0 Å². The summed E-state index contributed by atoms with van der Waals surface area (Å²) >= 11 is 11.8. The third-order valence-corrected chi connectivity index (χ3v) is 3.96. The van der Waals surface area contributed by atoms with Crippen LogP contribution in [0.4, 0.5) is 4.79 Å². The van der Waals surface area contributed by atoms with E-state index in [1.54, 1.807) is 49.4 Å². The number of esters is 1. The van der Waals surface area contributed by atoms with Crippen molar-refractivity contribution in [2.24, 2.45) is 0 Å². The quantitative estimate of drug-likeness (QED) is 0.564. The Morgan fingerprint density at radius 3 is 2.42 bits per heavy atom. The van der Waals surface area contributed by atoms with Crippen molar-refractivity contribution in [3.63, 3.8) is 0 Å². The molecule has 2 aromatic carbocycles. The van der Waals surface area contributed by atoms with Crippen LogP contribution < -0.4 is 5.32 Å². The second-order valence-electron chi connectivity index (χ2n) is 5.13. The zero-order valence-corrected chi connectivity index (χ0v) is 15.5. The lowest BCUT2D eigenvalue weighted by molar-refractivity contribution is -0.137. The SMILES string of the molecule is CCOC(=O)C=C(NC(=O)OCc1ccc(Cl)c(Cl)c1)c1ccccc1. The minimum absolute atomic E-state index is 0.00417. The second-order valence-corrected chi connectivity index (χ2v) is 5.94. The topological polar surface area (TPSA) is 64.6 Å². The van der Waals surface area contributed by atoms with E-state index >= 15 is 0 Å². The molecule has 136 valence electrons. The Hall–Kier alpha value is -2.50. The van der Waals surface area contributed by atoms with Crippen LogP contribution in [0.3, 0.4) is 0 Å². The summed E-state index contributed by atoms with van der Waals surface area (Å²) in [6, 6.07) is 13.9. The summed E-state index contributed by atoms with van der Waals surface area (Å²) in [5.74, 6) is -0.559.